The zero-order chi connectivity index (χ0) is 71.4. The second-order valence-electron chi connectivity index (χ2n) is 24.9. The van der Waals surface area contributed by atoms with Crippen LogP contribution >= 0.6 is 23.5 Å². The number of amides is 9. The first-order chi connectivity index (χ1) is 46.8. The molecule has 0 saturated carbocycles. The number of guanidine groups is 1. The maximum atomic E-state index is 14.9. The van der Waals surface area contributed by atoms with Gasteiger partial charge in [-0.2, -0.15) is 23.5 Å². The van der Waals surface area contributed by atoms with Gasteiger partial charge in [0, 0.05) is 92.8 Å². The highest BCUT2D eigenvalue weighted by Crippen LogP contribution is 2.29. The minimum atomic E-state index is -1.74. The van der Waals surface area contributed by atoms with E-state index in [0.29, 0.717) is 42.6 Å². The molecule has 532 valence electrons. The van der Waals surface area contributed by atoms with E-state index in [1.54, 1.807) is 30.3 Å². The number of aliphatic hydroxyl groups is 1. The van der Waals surface area contributed by atoms with Gasteiger partial charge >= 0.3 is 11.9 Å². The van der Waals surface area contributed by atoms with Crippen molar-refractivity contribution in [3.05, 3.63) is 107 Å². The first-order valence-electron chi connectivity index (χ1n) is 33.1. The summed E-state index contributed by atoms with van der Waals surface area (Å²) in [7, 11) is 0. The fourth-order valence-electron chi connectivity index (χ4n) is 11.9. The van der Waals surface area contributed by atoms with Crippen LogP contribution in [0.2, 0.25) is 0 Å². The van der Waals surface area contributed by atoms with Crippen LogP contribution in [0.1, 0.15) is 143 Å². The van der Waals surface area contributed by atoms with Crippen LogP contribution in [-0.4, -0.2) is 187 Å². The number of unbranched alkanes of at least 4 members (excludes halogenated alkanes) is 2. The van der Waals surface area contributed by atoms with Gasteiger partial charge in [-0.25, -0.2) is 0 Å². The van der Waals surface area contributed by atoms with Gasteiger partial charge in [0.25, 0.3) is 0 Å². The molecule has 0 spiro atoms. The lowest BCUT2D eigenvalue weighted by Gasteiger charge is -2.33. The first kappa shape index (κ1) is 78.1. The summed E-state index contributed by atoms with van der Waals surface area (Å²) in [6.07, 6.45) is -0.244. The Labute approximate surface area is 577 Å². The van der Waals surface area contributed by atoms with Gasteiger partial charge in [-0.1, -0.05) is 98.6 Å². The Kier molecular flexibility index (Phi) is 31.5. The predicted octanol–water partition coefficient (Wildman–Crippen LogP) is 1.74. The maximum absolute atomic E-state index is 14.9. The number of ketones is 2. The number of benzene rings is 3. The third-order valence-electron chi connectivity index (χ3n) is 17.2. The summed E-state index contributed by atoms with van der Waals surface area (Å²) < 4.78 is 0. The monoisotopic (exact) mass is 1400 g/mol. The Morgan fingerprint density at radius 2 is 1.35 bits per heavy atom. The lowest BCUT2D eigenvalue weighted by atomic mass is 9.92. The maximum Gasteiger partial charge on any atom is 0.305 e. The Balaban J connectivity index is 1.31. The number of rotatable bonds is 26. The van der Waals surface area contributed by atoms with Crippen molar-refractivity contribution < 1.29 is 77.6 Å². The van der Waals surface area contributed by atoms with E-state index in [9.17, 15) is 77.6 Å². The molecular formula is C68H92N12O16S2. The number of carbonyl (C=O) groups is 13. The largest absolute Gasteiger partial charge is 0.481 e. The molecule has 10 atom stereocenters. The first-order valence-corrected chi connectivity index (χ1v) is 35.4. The summed E-state index contributed by atoms with van der Waals surface area (Å²) in [6.45, 7) is 3.66. The van der Waals surface area contributed by atoms with E-state index < -0.39 is 151 Å². The molecule has 0 unspecified atom stereocenters. The standard InChI is InChI=1S/C68H92N12O16S2/c1-3-4-6-20-57(84)74-52-39-98-37-44-16-9-15-43(30-44)36-97-38-51(65(94)77-50(34-59(87)88)62(91)73-35-42-21-23-45(24-22-42)55(82)32-46(60(69)89)17-10-27-72-68(70)71)78-64(93)49(31-41-13-7-5-8-14-41)76-63(92)48(25-26-58(85)86)75-61(90)47(40(2)81)33-56(83)53-18-11-28-79(53)67(96)54-19-12-29-80(54)66(52)95/h5,7-9,13-16,21-24,30,40,46-54,81H,3-4,6,10-12,17-20,25-29,31-39H2,1-2H3,(H2,69,89)(H,73,91)(H,74,84)(H,75,90)(H,76,92)(H,77,94)(H,78,93)(H,85,86)(H,87,88)(H4,70,71,72)/t40-,46-,47+,48+,49+,50+,51+,52+,53+,54+/m1/s1. The van der Waals surface area contributed by atoms with Crippen LogP contribution in [0.3, 0.4) is 0 Å². The number of carboxylic acids is 2. The van der Waals surface area contributed by atoms with Crippen molar-refractivity contribution in [3.63, 3.8) is 0 Å². The third-order valence-corrected chi connectivity index (χ3v) is 19.4. The smallest absolute Gasteiger partial charge is 0.305 e. The van der Waals surface area contributed by atoms with E-state index in [1.165, 1.54) is 64.5 Å². The van der Waals surface area contributed by atoms with Crippen LogP contribution in [0.4, 0.5) is 0 Å². The molecule has 3 aliphatic rings. The SMILES string of the molecule is CCCCCC(=O)N[C@H]1CSCc2cccc(c2)CSC[C@@H](C(=O)N[C@@H](CC(=O)O)C(=O)NCc2ccc(C(=O)C[C@@H](CCCN=C(N)N)C(N)=O)cc2)NC(=O)[C@H](Cc2ccccc2)NC(=O)[C@H](CCC(=O)O)NC(=O)[C@H]([C@@H](C)O)CC(=O)[C@@H]2CCCN2C(=O)[C@@H]2CCCN2C1=O. The number of aliphatic imine (C=N–C) groups is 1. The fourth-order valence-corrected chi connectivity index (χ4v) is 13.9. The molecule has 0 aliphatic carbocycles. The minimum Gasteiger partial charge on any atom is -0.481 e. The fraction of sp³-hybridized carbons (Fsp3) is 0.529. The number of carbonyl (C=O) groups excluding carboxylic acids is 11. The summed E-state index contributed by atoms with van der Waals surface area (Å²) in [4.78, 5) is 186. The zero-order valence-electron chi connectivity index (χ0n) is 55.3. The summed E-state index contributed by atoms with van der Waals surface area (Å²) in [5.74, 6) is -12.7. The lowest BCUT2D eigenvalue weighted by molar-refractivity contribution is -0.148. The molecule has 30 heteroatoms. The highest BCUT2D eigenvalue weighted by molar-refractivity contribution is 7.98. The number of hydrogen-bond donors (Lipinski definition) is 12. The Bertz CT molecular complexity index is 3340. The number of nitrogens with zero attached hydrogens (tertiary/aromatic N) is 3. The topological polar surface area (TPSA) is 452 Å². The molecule has 3 aromatic carbocycles. The number of nitrogens with one attached hydrogen (secondary N) is 6. The number of thioether (sulfide) groups is 2. The van der Waals surface area contributed by atoms with Crippen LogP contribution in [0.15, 0.2) is 83.9 Å². The molecule has 3 heterocycles. The second kappa shape index (κ2) is 39.5. The van der Waals surface area contributed by atoms with Crippen molar-refractivity contribution in [1.29, 1.82) is 0 Å². The quantitative estimate of drug-likeness (QED) is 0.0236. The third kappa shape index (κ3) is 24.9. The molecule has 0 aromatic heterocycles. The van der Waals surface area contributed by atoms with E-state index >= 15 is 0 Å². The number of aliphatic hydroxyl groups excluding tert-OH is 1. The Morgan fingerprint density at radius 3 is 1.98 bits per heavy atom. The van der Waals surface area contributed by atoms with Crippen molar-refractivity contribution in [3.8, 4) is 0 Å². The van der Waals surface area contributed by atoms with E-state index in [2.05, 4.69) is 36.9 Å². The molecule has 28 nitrogen and oxygen atoms in total. The number of nitrogens with two attached hydrogens (primary N) is 3. The van der Waals surface area contributed by atoms with Gasteiger partial charge in [0.1, 0.15) is 36.3 Å². The van der Waals surface area contributed by atoms with E-state index in [0.717, 1.165) is 24.0 Å². The molecule has 2 fully saturated rings. The van der Waals surface area contributed by atoms with Gasteiger partial charge in [0.2, 0.25) is 53.2 Å². The molecule has 3 aromatic rings. The number of fused-ring (bicyclic) bond motifs is 4. The summed E-state index contributed by atoms with van der Waals surface area (Å²) in [6, 6.07) is 12.2. The van der Waals surface area contributed by atoms with Crippen LogP contribution in [-0.2, 0) is 82.0 Å². The molecule has 6 rings (SSSR count). The van der Waals surface area contributed by atoms with Crippen molar-refractivity contribution >= 4 is 106 Å². The lowest BCUT2D eigenvalue weighted by Crippen LogP contribution is -2.59. The number of aliphatic carboxylic acids is 2. The van der Waals surface area contributed by atoms with Gasteiger partial charge in [-0.3, -0.25) is 67.3 Å². The van der Waals surface area contributed by atoms with Gasteiger partial charge < -0.3 is 74.2 Å². The molecule has 3 aliphatic heterocycles. The van der Waals surface area contributed by atoms with Crippen molar-refractivity contribution in [2.24, 2.45) is 34.0 Å². The number of carboxylic acid groups (broad SMARTS) is 2. The van der Waals surface area contributed by atoms with Crippen LogP contribution in [0, 0.1) is 11.8 Å². The van der Waals surface area contributed by atoms with E-state index in [1.807, 2.05) is 31.2 Å². The van der Waals surface area contributed by atoms with E-state index in [-0.39, 0.29) is 105 Å². The summed E-state index contributed by atoms with van der Waals surface area (Å²) >= 11 is 2.55. The van der Waals surface area contributed by atoms with Crippen LogP contribution < -0.4 is 49.1 Å². The predicted molar refractivity (Wildman–Crippen MR) is 366 cm³/mol. The zero-order valence-corrected chi connectivity index (χ0v) is 56.9. The van der Waals surface area contributed by atoms with Gasteiger partial charge in [-0.15, -0.1) is 0 Å². The molecule has 2 bridgehead atoms. The van der Waals surface area contributed by atoms with Crippen molar-refractivity contribution in [1.82, 2.24) is 41.7 Å². The van der Waals surface area contributed by atoms with Crippen LogP contribution in [0.5, 0.6) is 0 Å². The second-order valence-corrected chi connectivity index (χ2v) is 26.9. The molecule has 98 heavy (non-hydrogen) atoms. The molecule has 2 saturated heterocycles. The molecular weight excluding hydrogens is 1300 g/mol. The van der Waals surface area contributed by atoms with Gasteiger partial charge in [0.15, 0.2) is 17.5 Å². The summed E-state index contributed by atoms with van der Waals surface area (Å²) in [5, 5.41) is 46.8. The molecule has 15 N–H and O–H groups in total. The van der Waals surface area contributed by atoms with Crippen LogP contribution in [0.25, 0.3) is 0 Å². The Hall–Kier alpha value is -8.90. The number of Topliss-reactive ketones (excluding diaryl/α,β-unsaturated/α-hetero) is 2. The van der Waals surface area contributed by atoms with Gasteiger partial charge in [-0.05, 0) is 80.5 Å². The average molecular weight is 1400 g/mol. The van der Waals surface area contributed by atoms with Gasteiger partial charge in [0.05, 0.1) is 24.5 Å². The number of hydrogen-bond acceptors (Lipinski definition) is 17. The molecule has 9 amide bonds. The van der Waals surface area contributed by atoms with Crippen molar-refractivity contribution in [2.75, 3.05) is 31.1 Å². The van der Waals surface area contributed by atoms with E-state index in [4.69, 9.17) is 17.2 Å². The minimum absolute atomic E-state index is 0.118. The summed E-state index contributed by atoms with van der Waals surface area (Å²) in [5.41, 5.74) is 19.1. The highest BCUT2D eigenvalue weighted by Gasteiger charge is 2.45. The van der Waals surface area contributed by atoms with Crippen molar-refractivity contribution in [2.45, 2.75) is 183 Å². The Morgan fingerprint density at radius 1 is 0.704 bits per heavy atom. The average Bonchev–Trinajstić information content (AvgIpc) is 1.63. The highest BCUT2D eigenvalue weighted by atomic mass is 32.2. The molecule has 0 radical (unpaired) electrons. The normalized spacial score (nSPS) is 21.8. The number of primary amides is 1.